The van der Waals surface area contributed by atoms with Crippen LogP contribution in [0, 0.1) is 0 Å². The van der Waals surface area contributed by atoms with Crippen LogP contribution in [-0.4, -0.2) is 20.3 Å². The minimum atomic E-state index is -0.234. The van der Waals surface area contributed by atoms with E-state index in [9.17, 15) is 4.79 Å². The van der Waals surface area contributed by atoms with Crippen molar-refractivity contribution in [1.82, 2.24) is 14.4 Å². The Morgan fingerprint density at radius 2 is 2.19 bits per heavy atom. The van der Waals surface area contributed by atoms with Gasteiger partial charge in [0.1, 0.15) is 11.5 Å². The number of pyridine rings is 1. The van der Waals surface area contributed by atoms with Crippen LogP contribution in [0.25, 0.3) is 4.96 Å². The first-order chi connectivity index (χ1) is 12.7. The van der Waals surface area contributed by atoms with Gasteiger partial charge in [-0.15, -0.1) is 11.3 Å². The molecule has 1 amide bonds. The van der Waals surface area contributed by atoms with Crippen molar-refractivity contribution < 1.29 is 4.79 Å². The topological polar surface area (TPSA) is 97.3 Å². The molecule has 0 bridgehead atoms. The van der Waals surface area contributed by atoms with E-state index in [-0.39, 0.29) is 5.91 Å². The number of carbonyl (C=O) groups excluding carboxylic acids is 1. The molecule has 0 saturated heterocycles. The summed E-state index contributed by atoms with van der Waals surface area (Å²) in [5.74, 6) is 0.222. The van der Waals surface area contributed by atoms with Crippen LogP contribution in [0.2, 0.25) is 0 Å². The molecule has 0 atom stereocenters. The van der Waals surface area contributed by atoms with Crippen LogP contribution < -0.4 is 16.4 Å². The molecule has 0 aliphatic carbocycles. The fourth-order valence-electron chi connectivity index (χ4n) is 2.56. The molecule has 0 radical (unpaired) electrons. The van der Waals surface area contributed by atoms with Crippen LogP contribution in [0.5, 0.6) is 0 Å². The standard InChI is InChI=1S/C18H16N6OS/c19-16-14(5-2-6-20-16)21-10-12-3-1-4-13(9-12)22-17(25)15-11-24-7-8-26-18(24)23-15/h1-9,11,21H,10H2,(H2,19,20)(H,22,25). The number of nitrogens with two attached hydrogens (primary N) is 1. The molecular weight excluding hydrogens is 348 g/mol. The zero-order chi connectivity index (χ0) is 17.9. The van der Waals surface area contributed by atoms with E-state index in [0.29, 0.717) is 23.7 Å². The molecule has 0 aliphatic rings. The lowest BCUT2D eigenvalue weighted by atomic mass is 10.2. The fraction of sp³-hybridized carbons (Fsp3) is 0.0556. The van der Waals surface area contributed by atoms with E-state index < -0.39 is 0 Å². The highest BCUT2D eigenvalue weighted by Crippen LogP contribution is 2.18. The monoisotopic (exact) mass is 364 g/mol. The van der Waals surface area contributed by atoms with Crippen molar-refractivity contribution in [2.24, 2.45) is 0 Å². The number of nitrogen functional groups attached to an aromatic ring is 1. The Bertz CT molecular complexity index is 1040. The lowest BCUT2D eigenvalue weighted by Gasteiger charge is -2.10. The molecule has 7 nitrogen and oxygen atoms in total. The lowest BCUT2D eigenvalue weighted by Crippen LogP contribution is -2.12. The van der Waals surface area contributed by atoms with Gasteiger partial charge in [-0.2, -0.15) is 0 Å². The SMILES string of the molecule is Nc1ncccc1NCc1cccc(NC(=O)c2cn3ccsc3n2)c1. The summed E-state index contributed by atoms with van der Waals surface area (Å²) >= 11 is 1.49. The molecule has 3 aromatic heterocycles. The molecule has 1 aromatic carbocycles. The Kier molecular flexibility index (Phi) is 4.24. The molecule has 0 spiro atoms. The van der Waals surface area contributed by atoms with Gasteiger partial charge in [0.15, 0.2) is 4.96 Å². The number of nitrogens with one attached hydrogen (secondary N) is 2. The van der Waals surface area contributed by atoms with Gasteiger partial charge in [0.2, 0.25) is 0 Å². The second-order valence-corrected chi connectivity index (χ2v) is 6.54. The average molecular weight is 364 g/mol. The third kappa shape index (κ3) is 3.35. The van der Waals surface area contributed by atoms with Crippen molar-refractivity contribution >= 4 is 39.4 Å². The number of carbonyl (C=O) groups is 1. The number of nitrogens with zero attached hydrogens (tertiary/aromatic N) is 3. The minimum Gasteiger partial charge on any atom is -0.382 e. The van der Waals surface area contributed by atoms with E-state index in [1.807, 2.05) is 52.4 Å². The molecule has 3 heterocycles. The summed E-state index contributed by atoms with van der Waals surface area (Å²) < 4.78 is 1.83. The molecule has 130 valence electrons. The maximum absolute atomic E-state index is 12.4. The Balaban J connectivity index is 1.44. The summed E-state index contributed by atoms with van der Waals surface area (Å²) in [5, 5.41) is 8.05. The molecule has 4 N–H and O–H groups in total. The van der Waals surface area contributed by atoms with Crippen LogP contribution in [0.1, 0.15) is 16.1 Å². The summed E-state index contributed by atoms with van der Waals surface area (Å²) in [6, 6.07) is 11.3. The van der Waals surface area contributed by atoms with Gasteiger partial charge < -0.3 is 16.4 Å². The van der Waals surface area contributed by atoms with Crippen LogP contribution in [-0.2, 0) is 6.54 Å². The largest absolute Gasteiger partial charge is 0.382 e. The highest BCUT2D eigenvalue weighted by atomic mass is 32.1. The van der Waals surface area contributed by atoms with Crippen molar-refractivity contribution in [2.75, 3.05) is 16.4 Å². The lowest BCUT2D eigenvalue weighted by molar-refractivity contribution is 0.102. The maximum Gasteiger partial charge on any atom is 0.275 e. The fourth-order valence-corrected chi connectivity index (χ4v) is 3.26. The van der Waals surface area contributed by atoms with Crippen molar-refractivity contribution in [1.29, 1.82) is 0 Å². The molecule has 26 heavy (non-hydrogen) atoms. The number of aromatic nitrogens is 3. The zero-order valence-corrected chi connectivity index (χ0v) is 14.5. The third-order valence-electron chi connectivity index (χ3n) is 3.83. The van der Waals surface area contributed by atoms with Crippen molar-refractivity contribution in [3.05, 3.63) is 71.6 Å². The second-order valence-electron chi connectivity index (χ2n) is 5.66. The molecule has 8 heteroatoms. The van der Waals surface area contributed by atoms with Crippen LogP contribution in [0.4, 0.5) is 17.2 Å². The number of anilines is 3. The highest BCUT2D eigenvalue weighted by Gasteiger charge is 2.12. The summed E-state index contributed by atoms with van der Waals surface area (Å²) in [4.78, 5) is 21.5. The first-order valence-electron chi connectivity index (χ1n) is 7.96. The summed E-state index contributed by atoms with van der Waals surface area (Å²) in [6.45, 7) is 0.569. The smallest absolute Gasteiger partial charge is 0.275 e. The molecule has 0 fully saturated rings. The number of rotatable bonds is 5. The average Bonchev–Trinajstić information content (AvgIpc) is 3.23. The maximum atomic E-state index is 12.4. The predicted octanol–water partition coefficient (Wildman–Crippen LogP) is 3.24. The minimum absolute atomic E-state index is 0.234. The summed E-state index contributed by atoms with van der Waals surface area (Å²) in [5.41, 5.74) is 8.72. The normalized spacial score (nSPS) is 10.8. The summed E-state index contributed by atoms with van der Waals surface area (Å²) in [7, 11) is 0. The van der Waals surface area contributed by atoms with Crippen molar-refractivity contribution in [2.45, 2.75) is 6.54 Å². The second kappa shape index (κ2) is 6.85. The number of benzene rings is 1. The van der Waals surface area contributed by atoms with Gasteiger partial charge >= 0.3 is 0 Å². The van der Waals surface area contributed by atoms with Crippen LogP contribution in [0.15, 0.2) is 60.4 Å². The predicted molar refractivity (Wildman–Crippen MR) is 103 cm³/mol. The quantitative estimate of drug-likeness (QED) is 0.505. The van der Waals surface area contributed by atoms with Gasteiger partial charge in [-0.1, -0.05) is 12.1 Å². The van der Waals surface area contributed by atoms with E-state index in [1.165, 1.54) is 11.3 Å². The van der Waals surface area contributed by atoms with Gasteiger partial charge in [-0.05, 0) is 29.8 Å². The number of hydrogen-bond donors (Lipinski definition) is 3. The van der Waals surface area contributed by atoms with Gasteiger partial charge in [0.25, 0.3) is 5.91 Å². The Labute approximate surface area is 153 Å². The van der Waals surface area contributed by atoms with E-state index in [4.69, 9.17) is 5.73 Å². The van der Waals surface area contributed by atoms with Crippen molar-refractivity contribution in [3.8, 4) is 0 Å². The Morgan fingerprint density at radius 3 is 3.04 bits per heavy atom. The molecular formula is C18H16N6OS. The highest BCUT2D eigenvalue weighted by molar-refractivity contribution is 7.15. The summed E-state index contributed by atoms with van der Waals surface area (Å²) in [6.07, 6.45) is 5.24. The van der Waals surface area contributed by atoms with E-state index in [2.05, 4.69) is 20.6 Å². The van der Waals surface area contributed by atoms with E-state index >= 15 is 0 Å². The van der Waals surface area contributed by atoms with E-state index in [0.717, 1.165) is 16.2 Å². The molecule has 0 saturated carbocycles. The molecule has 4 rings (SSSR count). The first kappa shape index (κ1) is 16.1. The Hall–Kier alpha value is -3.39. The molecule has 0 unspecified atom stereocenters. The number of fused-ring (bicyclic) bond motifs is 1. The molecule has 4 aromatic rings. The number of thiazole rings is 1. The number of hydrogen-bond acceptors (Lipinski definition) is 6. The van der Waals surface area contributed by atoms with Crippen molar-refractivity contribution in [3.63, 3.8) is 0 Å². The van der Waals surface area contributed by atoms with Gasteiger partial charge in [-0.25, -0.2) is 9.97 Å². The van der Waals surface area contributed by atoms with E-state index in [1.54, 1.807) is 12.4 Å². The Morgan fingerprint density at radius 1 is 1.27 bits per heavy atom. The zero-order valence-electron chi connectivity index (χ0n) is 13.7. The third-order valence-corrected chi connectivity index (χ3v) is 4.60. The van der Waals surface area contributed by atoms with Gasteiger partial charge in [0.05, 0.1) is 5.69 Å². The van der Waals surface area contributed by atoms with Gasteiger partial charge in [0, 0.05) is 36.2 Å². The van der Waals surface area contributed by atoms with Gasteiger partial charge in [-0.3, -0.25) is 9.20 Å². The first-order valence-corrected chi connectivity index (χ1v) is 8.84. The van der Waals surface area contributed by atoms with Crippen LogP contribution >= 0.6 is 11.3 Å². The number of imidazole rings is 1. The van der Waals surface area contributed by atoms with Crippen LogP contribution in [0.3, 0.4) is 0 Å². The molecule has 0 aliphatic heterocycles. The number of amides is 1.